The molecule has 0 spiro atoms. The van der Waals surface area contributed by atoms with E-state index in [1.54, 1.807) is 0 Å². The lowest BCUT2D eigenvalue weighted by molar-refractivity contribution is -0.115. The summed E-state index contributed by atoms with van der Waals surface area (Å²) >= 11 is 6.48. The Labute approximate surface area is 184 Å². The highest BCUT2D eigenvalue weighted by molar-refractivity contribution is 8.26. The van der Waals surface area contributed by atoms with Crippen molar-refractivity contribution in [2.24, 2.45) is 0 Å². The van der Waals surface area contributed by atoms with Crippen molar-refractivity contribution < 1.29 is 9.53 Å². The third-order valence-electron chi connectivity index (χ3n) is 5.11. The van der Waals surface area contributed by atoms with E-state index >= 15 is 0 Å². The first-order valence-corrected chi connectivity index (χ1v) is 10.8. The van der Waals surface area contributed by atoms with E-state index in [0.29, 0.717) is 9.23 Å². The molecule has 30 heavy (non-hydrogen) atoms. The van der Waals surface area contributed by atoms with Crippen LogP contribution < -0.4 is 10.1 Å². The number of allylic oxidation sites excluding steroid dienone is 2. The Hall–Kier alpha value is -3.15. The summed E-state index contributed by atoms with van der Waals surface area (Å²) in [6.45, 7) is 0. The molecule has 1 saturated heterocycles. The third-order valence-corrected chi connectivity index (χ3v) is 6.28. The largest absolute Gasteiger partial charge is 0.456 e. The standard InChI is InChI=1S/C25H17NO2S2/c27-24-21(30-25(29)26-24)15-19-22(16-9-3-1-4-10-16)18-13-7-8-14-20(18)28-23(19)17-11-5-2-6-12-17/h1-15,22H,(H,26,27,29)/b21-15-/t22-/m0/s1. The summed E-state index contributed by atoms with van der Waals surface area (Å²) in [6, 6.07) is 28.4. The molecule has 3 nitrogen and oxygen atoms in total. The van der Waals surface area contributed by atoms with Crippen LogP contribution in [-0.4, -0.2) is 10.2 Å². The van der Waals surface area contributed by atoms with E-state index in [-0.39, 0.29) is 11.8 Å². The van der Waals surface area contributed by atoms with Crippen LogP contribution in [0.3, 0.4) is 0 Å². The molecule has 1 amide bonds. The summed E-state index contributed by atoms with van der Waals surface area (Å²) in [5, 5.41) is 2.71. The molecule has 5 rings (SSSR count). The monoisotopic (exact) mass is 427 g/mol. The number of para-hydroxylation sites is 1. The fourth-order valence-electron chi connectivity index (χ4n) is 3.81. The summed E-state index contributed by atoms with van der Waals surface area (Å²) in [5.74, 6) is 1.34. The Morgan fingerprint density at radius 3 is 2.27 bits per heavy atom. The molecule has 3 aromatic rings. The van der Waals surface area contributed by atoms with Crippen molar-refractivity contribution in [3.05, 3.63) is 118 Å². The second-order valence-electron chi connectivity index (χ2n) is 6.99. The van der Waals surface area contributed by atoms with E-state index in [1.807, 2.05) is 72.8 Å². The number of fused-ring (bicyclic) bond motifs is 1. The molecule has 1 N–H and O–H groups in total. The zero-order valence-corrected chi connectivity index (χ0v) is 17.5. The summed E-state index contributed by atoms with van der Waals surface area (Å²) in [5.41, 5.74) is 4.11. The second-order valence-corrected chi connectivity index (χ2v) is 8.71. The SMILES string of the molecule is O=C1NC(=S)S/C1=C\C1=C(c2ccccc2)Oc2ccccc2[C@@H]1c1ccccc1. The number of hydrogen-bond acceptors (Lipinski definition) is 4. The Morgan fingerprint density at radius 1 is 0.900 bits per heavy atom. The zero-order chi connectivity index (χ0) is 20.5. The molecule has 3 aromatic carbocycles. The molecule has 0 bridgehead atoms. The van der Waals surface area contributed by atoms with Crippen LogP contribution in [0.25, 0.3) is 5.76 Å². The smallest absolute Gasteiger partial charge is 0.263 e. The molecule has 2 heterocycles. The molecular weight excluding hydrogens is 410 g/mol. The highest BCUT2D eigenvalue weighted by Crippen LogP contribution is 2.47. The average Bonchev–Trinajstić information content (AvgIpc) is 3.11. The van der Waals surface area contributed by atoms with Crippen LogP contribution in [0, 0.1) is 0 Å². The van der Waals surface area contributed by atoms with E-state index in [9.17, 15) is 4.79 Å². The number of carbonyl (C=O) groups excluding carboxylic acids is 1. The average molecular weight is 428 g/mol. The molecule has 0 aromatic heterocycles. The lowest BCUT2D eigenvalue weighted by Crippen LogP contribution is -2.19. The molecule has 2 aliphatic rings. The van der Waals surface area contributed by atoms with Crippen LogP contribution in [-0.2, 0) is 4.79 Å². The van der Waals surface area contributed by atoms with Gasteiger partial charge in [-0.3, -0.25) is 4.79 Å². The maximum atomic E-state index is 12.4. The second kappa shape index (κ2) is 7.94. The van der Waals surface area contributed by atoms with Gasteiger partial charge in [0, 0.05) is 22.6 Å². The molecule has 0 radical (unpaired) electrons. The fourth-order valence-corrected chi connectivity index (χ4v) is 4.85. The Kier molecular flexibility index (Phi) is 4.99. The first-order valence-electron chi connectivity index (χ1n) is 9.57. The molecule has 1 atom stereocenters. The van der Waals surface area contributed by atoms with Gasteiger partial charge in [-0.05, 0) is 17.7 Å². The van der Waals surface area contributed by atoms with Gasteiger partial charge in [-0.2, -0.15) is 0 Å². The molecule has 5 heteroatoms. The fraction of sp³-hybridized carbons (Fsp3) is 0.0400. The van der Waals surface area contributed by atoms with Crippen LogP contribution in [0.5, 0.6) is 5.75 Å². The minimum atomic E-state index is -0.171. The molecule has 0 saturated carbocycles. The predicted molar refractivity (Wildman–Crippen MR) is 125 cm³/mol. The molecule has 2 aliphatic heterocycles. The number of ether oxygens (including phenoxy) is 1. The van der Waals surface area contributed by atoms with Crippen LogP contribution in [0.4, 0.5) is 0 Å². The van der Waals surface area contributed by atoms with Gasteiger partial charge in [0.15, 0.2) is 0 Å². The number of nitrogens with one attached hydrogen (secondary N) is 1. The minimum Gasteiger partial charge on any atom is -0.456 e. The number of rotatable bonds is 3. The Balaban J connectivity index is 1.78. The van der Waals surface area contributed by atoms with Crippen LogP contribution >= 0.6 is 24.0 Å². The van der Waals surface area contributed by atoms with E-state index in [2.05, 4.69) is 23.5 Å². The van der Waals surface area contributed by atoms with Gasteiger partial charge in [0.1, 0.15) is 15.8 Å². The predicted octanol–water partition coefficient (Wildman–Crippen LogP) is 5.65. The van der Waals surface area contributed by atoms with Gasteiger partial charge in [0.25, 0.3) is 5.91 Å². The van der Waals surface area contributed by atoms with Gasteiger partial charge in [0.05, 0.1) is 4.91 Å². The first kappa shape index (κ1) is 18.9. The van der Waals surface area contributed by atoms with Gasteiger partial charge in [-0.1, -0.05) is 103 Å². The molecule has 0 unspecified atom stereocenters. The quantitative estimate of drug-likeness (QED) is 0.433. The maximum absolute atomic E-state index is 12.4. The van der Waals surface area contributed by atoms with Crippen molar-refractivity contribution in [1.29, 1.82) is 0 Å². The van der Waals surface area contributed by atoms with Crippen molar-refractivity contribution in [3.63, 3.8) is 0 Å². The lowest BCUT2D eigenvalue weighted by Gasteiger charge is -2.30. The highest BCUT2D eigenvalue weighted by atomic mass is 32.2. The van der Waals surface area contributed by atoms with Crippen molar-refractivity contribution in [2.45, 2.75) is 5.92 Å². The molecule has 1 fully saturated rings. The van der Waals surface area contributed by atoms with Gasteiger partial charge in [-0.25, -0.2) is 0 Å². The number of thiocarbonyl (C=S) groups is 1. The summed E-state index contributed by atoms with van der Waals surface area (Å²) < 4.78 is 6.89. The van der Waals surface area contributed by atoms with E-state index < -0.39 is 0 Å². The molecule has 146 valence electrons. The first-order chi connectivity index (χ1) is 14.7. The maximum Gasteiger partial charge on any atom is 0.263 e. The van der Waals surface area contributed by atoms with Crippen molar-refractivity contribution >= 4 is 40.0 Å². The van der Waals surface area contributed by atoms with E-state index in [0.717, 1.165) is 33.8 Å². The van der Waals surface area contributed by atoms with Gasteiger partial charge < -0.3 is 10.1 Å². The Morgan fingerprint density at radius 2 is 1.57 bits per heavy atom. The van der Waals surface area contributed by atoms with E-state index in [1.165, 1.54) is 11.8 Å². The molecule has 0 aliphatic carbocycles. The topological polar surface area (TPSA) is 38.3 Å². The van der Waals surface area contributed by atoms with Gasteiger partial charge in [-0.15, -0.1) is 0 Å². The number of carbonyl (C=O) groups is 1. The van der Waals surface area contributed by atoms with Crippen LogP contribution in [0.2, 0.25) is 0 Å². The van der Waals surface area contributed by atoms with Crippen LogP contribution in [0.1, 0.15) is 22.6 Å². The van der Waals surface area contributed by atoms with Crippen molar-refractivity contribution in [1.82, 2.24) is 5.32 Å². The normalized spacial score (nSPS) is 19.5. The summed E-state index contributed by atoms with van der Waals surface area (Å²) in [4.78, 5) is 13.0. The minimum absolute atomic E-state index is 0.0681. The number of amides is 1. The number of thioether (sulfide) groups is 1. The van der Waals surface area contributed by atoms with Crippen molar-refractivity contribution in [2.75, 3.05) is 0 Å². The Bertz CT molecular complexity index is 1200. The van der Waals surface area contributed by atoms with E-state index in [4.69, 9.17) is 17.0 Å². The van der Waals surface area contributed by atoms with Gasteiger partial charge in [0.2, 0.25) is 0 Å². The highest BCUT2D eigenvalue weighted by Gasteiger charge is 2.32. The number of benzene rings is 3. The number of hydrogen-bond donors (Lipinski definition) is 1. The summed E-state index contributed by atoms with van der Waals surface area (Å²) in [6.07, 6.45) is 1.93. The molecular formula is C25H17NO2S2. The summed E-state index contributed by atoms with van der Waals surface area (Å²) in [7, 11) is 0. The zero-order valence-electron chi connectivity index (χ0n) is 15.9. The van der Waals surface area contributed by atoms with Gasteiger partial charge >= 0.3 is 0 Å². The van der Waals surface area contributed by atoms with Crippen LogP contribution in [0.15, 0.2) is 101 Å². The van der Waals surface area contributed by atoms with Crippen molar-refractivity contribution in [3.8, 4) is 5.75 Å². The lowest BCUT2D eigenvalue weighted by atomic mass is 9.81. The third kappa shape index (κ3) is 3.47.